The number of aliphatic hydroxyl groups excluding tert-OH is 1. The van der Waals surface area contributed by atoms with Crippen molar-refractivity contribution < 1.29 is 14.6 Å². The molecule has 1 aromatic carbocycles. The van der Waals surface area contributed by atoms with Gasteiger partial charge in [0.2, 0.25) is 0 Å². The lowest BCUT2D eigenvalue weighted by Crippen LogP contribution is -2.25. The predicted molar refractivity (Wildman–Crippen MR) is 65.4 cm³/mol. The number of ether oxygens (including phenoxy) is 2. The molecule has 4 heteroatoms. The van der Waals surface area contributed by atoms with Gasteiger partial charge in [0, 0.05) is 13.1 Å². The zero-order chi connectivity index (χ0) is 12.1. The van der Waals surface area contributed by atoms with Gasteiger partial charge in [-0.1, -0.05) is 13.0 Å². The fourth-order valence-electron chi connectivity index (χ4n) is 1.73. The van der Waals surface area contributed by atoms with E-state index in [0.29, 0.717) is 19.8 Å². The molecule has 0 bridgehead atoms. The Kier molecular flexibility index (Phi) is 4.23. The lowest BCUT2D eigenvalue weighted by molar-refractivity contribution is 0.166. The van der Waals surface area contributed by atoms with Gasteiger partial charge in [0.25, 0.3) is 0 Å². The number of aliphatic hydroxyl groups is 1. The maximum Gasteiger partial charge on any atom is 0.161 e. The maximum atomic E-state index is 9.42. The second-order valence-corrected chi connectivity index (χ2v) is 4.17. The molecule has 1 atom stereocenters. The van der Waals surface area contributed by atoms with Crippen LogP contribution in [-0.2, 0) is 6.54 Å². The van der Waals surface area contributed by atoms with Gasteiger partial charge in [-0.05, 0) is 24.1 Å². The van der Waals surface area contributed by atoms with Gasteiger partial charge < -0.3 is 19.9 Å². The van der Waals surface area contributed by atoms with E-state index >= 15 is 0 Å². The van der Waals surface area contributed by atoms with Crippen LogP contribution in [0, 0.1) is 0 Å². The van der Waals surface area contributed by atoms with Crippen molar-refractivity contribution in [3.05, 3.63) is 23.8 Å². The molecule has 0 saturated heterocycles. The molecule has 94 valence electrons. The molecular weight excluding hydrogens is 218 g/mol. The molecule has 2 N–H and O–H groups in total. The van der Waals surface area contributed by atoms with Crippen molar-refractivity contribution in [2.45, 2.75) is 26.0 Å². The summed E-state index contributed by atoms with van der Waals surface area (Å²) >= 11 is 0. The van der Waals surface area contributed by atoms with Crippen molar-refractivity contribution in [3.63, 3.8) is 0 Å². The molecule has 0 amide bonds. The topological polar surface area (TPSA) is 50.7 Å². The van der Waals surface area contributed by atoms with E-state index in [-0.39, 0.29) is 6.10 Å². The largest absolute Gasteiger partial charge is 0.486 e. The second kappa shape index (κ2) is 5.89. The van der Waals surface area contributed by atoms with Crippen LogP contribution >= 0.6 is 0 Å². The molecule has 0 fully saturated rings. The van der Waals surface area contributed by atoms with Gasteiger partial charge in [-0.3, -0.25) is 0 Å². The van der Waals surface area contributed by atoms with Crippen molar-refractivity contribution in [2.24, 2.45) is 0 Å². The highest BCUT2D eigenvalue weighted by Crippen LogP contribution is 2.30. The van der Waals surface area contributed by atoms with Crippen LogP contribution in [0.15, 0.2) is 18.2 Å². The third-order valence-electron chi connectivity index (χ3n) is 2.79. The molecule has 0 aliphatic carbocycles. The van der Waals surface area contributed by atoms with Crippen LogP contribution in [-0.4, -0.2) is 31.0 Å². The minimum Gasteiger partial charge on any atom is -0.486 e. The number of nitrogens with one attached hydrogen (secondary N) is 1. The van der Waals surface area contributed by atoms with Crippen LogP contribution in [0.5, 0.6) is 11.5 Å². The summed E-state index contributed by atoms with van der Waals surface area (Å²) < 4.78 is 11.0. The molecule has 4 nitrogen and oxygen atoms in total. The summed E-state index contributed by atoms with van der Waals surface area (Å²) in [4.78, 5) is 0. The first-order valence-corrected chi connectivity index (χ1v) is 6.07. The van der Waals surface area contributed by atoms with E-state index in [1.807, 2.05) is 25.1 Å². The van der Waals surface area contributed by atoms with Gasteiger partial charge in [0.1, 0.15) is 13.2 Å². The van der Waals surface area contributed by atoms with Crippen LogP contribution in [0.25, 0.3) is 0 Å². The monoisotopic (exact) mass is 237 g/mol. The quantitative estimate of drug-likeness (QED) is 0.811. The summed E-state index contributed by atoms with van der Waals surface area (Å²) in [6.07, 6.45) is 0.501. The molecule has 0 saturated carbocycles. The summed E-state index contributed by atoms with van der Waals surface area (Å²) in [6, 6.07) is 5.93. The van der Waals surface area contributed by atoms with Gasteiger partial charge in [0.15, 0.2) is 11.5 Å². The maximum absolute atomic E-state index is 9.42. The molecule has 0 radical (unpaired) electrons. The number of rotatable bonds is 5. The average molecular weight is 237 g/mol. The molecule has 2 rings (SSSR count). The molecule has 0 aromatic heterocycles. The summed E-state index contributed by atoms with van der Waals surface area (Å²) in [6.45, 7) is 4.54. The third kappa shape index (κ3) is 3.35. The normalized spacial score (nSPS) is 15.6. The molecule has 1 heterocycles. The Hall–Kier alpha value is -1.26. The lowest BCUT2D eigenvalue weighted by atomic mass is 10.2. The Morgan fingerprint density at radius 3 is 2.82 bits per heavy atom. The van der Waals surface area contributed by atoms with Crippen molar-refractivity contribution in [1.82, 2.24) is 5.32 Å². The first kappa shape index (κ1) is 12.2. The van der Waals surface area contributed by atoms with Gasteiger partial charge >= 0.3 is 0 Å². The number of benzene rings is 1. The molecule has 1 aliphatic heterocycles. The van der Waals surface area contributed by atoms with E-state index in [1.165, 1.54) is 0 Å². The minimum absolute atomic E-state index is 0.271. The summed E-state index contributed by atoms with van der Waals surface area (Å²) in [7, 11) is 0. The highest BCUT2D eigenvalue weighted by molar-refractivity contribution is 5.43. The standard InChI is InChI=1S/C13H19NO3/c1-2-11(15)9-14-8-10-3-4-12-13(7-10)17-6-5-16-12/h3-4,7,11,14-15H,2,5-6,8-9H2,1H3. The smallest absolute Gasteiger partial charge is 0.161 e. The molecule has 1 aromatic rings. The van der Waals surface area contributed by atoms with Gasteiger partial charge in [0.05, 0.1) is 6.10 Å². The fourth-order valence-corrected chi connectivity index (χ4v) is 1.73. The van der Waals surface area contributed by atoms with Crippen LogP contribution in [0.1, 0.15) is 18.9 Å². The van der Waals surface area contributed by atoms with E-state index in [2.05, 4.69) is 5.32 Å². The fraction of sp³-hybridized carbons (Fsp3) is 0.538. The second-order valence-electron chi connectivity index (χ2n) is 4.17. The molecule has 17 heavy (non-hydrogen) atoms. The van der Waals surface area contributed by atoms with Gasteiger partial charge in [-0.25, -0.2) is 0 Å². The average Bonchev–Trinajstić information content (AvgIpc) is 2.38. The first-order valence-electron chi connectivity index (χ1n) is 6.07. The Balaban J connectivity index is 1.89. The van der Waals surface area contributed by atoms with Gasteiger partial charge in [-0.15, -0.1) is 0 Å². The zero-order valence-corrected chi connectivity index (χ0v) is 10.1. The molecule has 0 spiro atoms. The molecular formula is C13H19NO3. The van der Waals surface area contributed by atoms with Crippen molar-refractivity contribution in [1.29, 1.82) is 0 Å². The van der Waals surface area contributed by atoms with Crippen LogP contribution in [0.4, 0.5) is 0 Å². The van der Waals surface area contributed by atoms with E-state index < -0.39 is 0 Å². The van der Waals surface area contributed by atoms with Crippen LogP contribution < -0.4 is 14.8 Å². The van der Waals surface area contributed by atoms with E-state index in [9.17, 15) is 5.11 Å². The Labute approximate surface area is 102 Å². The molecule has 1 unspecified atom stereocenters. The summed E-state index contributed by atoms with van der Waals surface area (Å²) in [5.74, 6) is 1.63. The lowest BCUT2D eigenvalue weighted by Gasteiger charge is -2.19. The van der Waals surface area contributed by atoms with Crippen LogP contribution in [0.2, 0.25) is 0 Å². The Bertz CT molecular complexity index is 368. The van der Waals surface area contributed by atoms with E-state index in [4.69, 9.17) is 9.47 Å². The van der Waals surface area contributed by atoms with Crippen molar-refractivity contribution >= 4 is 0 Å². The predicted octanol–water partition coefficient (Wildman–Crippen LogP) is 1.32. The highest BCUT2D eigenvalue weighted by Gasteiger charge is 2.11. The Morgan fingerprint density at radius 1 is 1.29 bits per heavy atom. The zero-order valence-electron chi connectivity index (χ0n) is 10.1. The third-order valence-corrected chi connectivity index (χ3v) is 2.79. The van der Waals surface area contributed by atoms with Gasteiger partial charge in [-0.2, -0.15) is 0 Å². The van der Waals surface area contributed by atoms with E-state index in [0.717, 1.165) is 30.0 Å². The van der Waals surface area contributed by atoms with Crippen molar-refractivity contribution in [2.75, 3.05) is 19.8 Å². The minimum atomic E-state index is -0.271. The first-order chi connectivity index (χ1) is 8.29. The van der Waals surface area contributed by atoms with Crippen molar-refractivity contribution in [3.8, 4) is 11.5 Å². The number of hydrogen-bond donors (Lipinski definition) is 2. The SMILES string of the molecule is CCC(O)CNCc1ccc2c(c1)OCCO2. The van der Waals surface area contributed by atoms with E-state index in [1.54, 1.807) is 0 Å². The molecule has 1 aliphatic rings. The summed E-state index contributed by atoms with van der Waals surface area (Å²) in [5, 5.41) is 12.6. The van der Waals surface area contributed by atoms with Crippen LogP contribution in [0.3, 0.4) is 0 Å². The summed E-state index contributed by atoms with van der Waals surface area (Å²) in [5.41, 5.74) is 1.14. The Morgan fingerprint density at radius 2 is 2.06 bits per heavy atom. The highest BCUT2D eigenvalue weighted by atomic mass is 16.6. The number of fused-ring (bicyclic) bond motifs is 1. The number of hydrogen-bond acceptors (Lipinski definition) is 4.